The number of nitro benzene ring substituents is 1. The van der Waals surface area contributed by atoms with Crippen molar-refractivity contribution in [2.75, 3.05) is 20.0 Å². The van der Waals surface area contributed by atoms with Gasteiger partial charge in [0.1, 0.15) is 0 Å². The monoisotopic (exact) mass is 403 g/mol. The number of hydrogen-bond acceptors (Lipinski definition) is 8. The summed E-state index contributed by atoms with van der Waals surface area (Å²) in [6.45, 7) is 1.55. The van der Waals surface area contributed by atoms with Gasteiger partial charge < -0.3 is 25.3 Å². The zero-order valence-corrected chi connectivity index (χ0v) is 16.1. The number of nitrogens with zero attached hydrogens (tertiary/aromatic N) is 1. The van der Waals surface area contributed by atoms with Crippen molar-refractivity contribution in [1.82, 2.24) is 5.32 Å². The SMILES string of the molecule is COc1ccc(CNC(=O)[C@@H](C)OC(=O)c2cc([N+](=O)[O-])ccc2N)cc1OC. The van der Waals surface area contributed by atoms with E-state index in [0.717, 1.165) is 11.6 Å². The smallest absolute Gasteiger partial charge is 0.341 e. The van der Waals surface area contributed by atoms with Crippen LogP contribution in [0.15, 0.2) is 36.4 Å². The van der Waals surface area contributed by atoms with Crippen molar-refractivity contribution in [1.29, 1.82) is 0 Å². The minimum absolute atomic E-state index is 0.0125. The molecule has 2 rings (SSSR count). The average molecular weight is 403 g/mol. The number of amides is 1. The zero-order valence-electron chi connectivity index (χ0n) is 16.1. The fourth-order valence-electron chi connectivity index (χ4n) is 2.44. The first-order valence-electron chi connectivity index (χ1n) is 8.50. The molecule has 0 radical (unpaired) electrons. The van der Waals surface area contributed by atoms with E-state index >= 15 is 0 Å². The van der Waals surface area contributed by atoms with Gasteiger partial charge in [0.15, 0.2) is 17.6 Å². The number of anilines is 1. The number of rotatable bonds is 8. The second-order valence-corrected chi connectivity index (χ2v) is 5.98. The van der Waals surface area contributed by atoms with Gasteiger partial charge >= 0.3 is 5.97 Å². The van der Waals surface area contributed by atoms with E-state index in [-0.39, 0.29) is 23.5 Å². The molecule has 0 saturated heterocycles. The van der Waals surface area contributed by atoms with Gasteiger partial charge in [0.2, 0.25) is 0 Å². The van der Waals surface area contributed by atoms with E-state index in [2.05, 4.69) is 5.32 Å². The van der Waals surface area contributed by atoms with Crippen molar-refractivity contribution in [2.24, 2.45) is 0 Å². The van der Waals surface area contributed by atoms with Gasteiger partial charge in [-0.25, -0.2) is 4.79 Å². The number of nitro groups is 1. The second-order valence-electron chi connectivity index (χ2n) is 5.98. The molecule has 0 aliphatic carbocycles. The Hall–Kier alpha value is -3.82. The Kier molecular flexibility index (Phi) is 6.96. The van der Waals surface area contributed by atoms with Gasteiger partial charge in [0, 0.05) is 24.4 Å². The Bertz CT molecular complexity index is 930. The molecule has 10 heteroatoms. The molecular weight excluding hydrogens is 382 g/mol. The van der Waals surface area contributed by atoms with Crippen LogP contribution in [0.3, 0.4) is 0 Å². The number of nitrogen functional groups attached to an aromatic ring is 1. The summed E-state index contributed by atoms with van der Waals surface area (Å²) in [6.07, 6.45) is -1.14. The first kappa shape index (κ1) is 21.5. The second kappa shape index (κ2) is 9.40. The van der Waals surface area contributed by atoms with E-state index in [1.54, 1.807) is 18.2 Å². The van der Waals surface area contributed by atoms with E-state index in [0.29, 0.717) is 11.5 Å². The van der Waals surface area contributed by atoms with Crippen LogP contribution in [0.25, 0.3) is 0 Å². The number of methoxy groups -OCH3 is 2. The van der Waals surface area contributed by atoms with Crippen molar-refractivity contribution in [3.8, 4) is 11.5 Å². The molecular formula is C19H21N3O7. The van der Waals surface area contributed by atoms with Gasteiger partial charge in [-0.2, -0.15) is 0 Å². The van der Waals surface area contributed by atoms with E-state index in [1.807, 2.05) is 0 Å². The van der Waals surface area contributed by atoms with Crippen molar-refractivity contribution in [3.63, 3.8) is 0 Å². The maximum absolute atomic E-state index is 12.2. The standard InChI is InChI=1S/C19H21N3O7/c1-11(29-19(24)14-9-13(22(25)26)5-6-15(14)20)18(23)21-10-12-4-7-16(27-2)17(8-12)28-3/h4-9,11H,10,20H2,1-3H3,(H,21,23)/t11-/m1/s1. The molecule has 0 aliphatic rings. The normalized spacial score (nSPS) is 11.3. The number of hydrogen-bond donors (Lipinski definition) is 2. The topological polar surface area (TPSA) is 143 Å². The Morgan fingerprint density at radius 1 is 1.14 bits per heavy atom. The third kappa shape index (κ3) is 5.34. The van der Waals surface area contributed by atoms with Crippen molar-refractivity contribution in [2.45, 2.75) is 19.6 Å². The maximum Gasteiger partial charge on any atom is 0.341 e. The molecule has 3 N–H and O–H groups in total. The predicted octanol–water partition coefficient (Wildman–Crippen LogP) is 2.06. The number of esters is 1. The molecule has 10 nitrogen and oxygen atoms in total. The Balaban J connectivity index is 2.00. The van der Waals surface area contributed by atoms with Gasteiger partial charge in [0.25, 0.3) is 11.6 Å². The quantitative estimate of drug-likeness (QED) is 0.295. The molecule has 2 aromatic carbocycles. The van der Waals surface area contributed by atoms with E-state index < -0.39 is 22.9 Å². The Morgan fingerprint density at radius 3 is 2.45 bits per heavy atom. The molecule has 0 fully saturated rings. The summed E-state index contributed by atoms with van der Waals surface area (Å²) in [7, 11) is 3.02. The summed E-state index contributed by atoms with van der Waals surface area (Å²) in [4.78, 5) is 34.7. The summed E-state index contributed by atoms with van der Waals surface area (Å²) < 4.78 is 15.4. The molecule has 0 heterocycles. The lowest BCUT2D eigenvalue weighted by Crippen LogP contribution is -2.35. The number of nitrogens with two attached hydrogens (primary N) is 1. The molecule has 29 heavy (non-hydrogen) atoms. The molecule has 0 spiro atoms. The van der Waals surface area contributed by atoms with Gasteiger partial charge in [-0.15, -0.1) is 0 Å². The van der Waals surface area contributed by atoms with Crippen LogP contribution in [0.2, 0.25) is 0 Å². The summed E-state index contributed by atoms with van der Waals surface area (Å²) >= 11 is 0. The van der Waals surface area contributed by atoms with E-state index in [1.165, 1.54) is 33.3 Å². The summed E-state index contributed by atoms with van der Waals surface area (Å²) in [5.74, 6) is -0.406. The van der Waals surface area contributed by atoms with Gasteiger partial charge in [-0.05, 0) is 30.7 Å². The van der Waals surface area contributed by atoms with Crippen LogP contribution in [0.1, 0.15) is 22.8 Å². The van der Waals surface area contributed by atoms with Crippen LogP contribution in [0.4, 0.5) is 11.4 Å². The third-order valence-corrected chi connectivity index (χ3v) is 4.04. The number of carbonyl (C=O) groups excluding carboxylic acids is 2. The summed E-state index contributed by atoms with van der Waals surface area (Å²) in [5.41, 5.74) is 5.95. The summed E-state index contributed by atoms with van der Waals surface area (Å²) in [6, 6.07) is 8.57. The van der Waals surface area contributed by atoms with Crippen LogP contribution in [-0.4, -0.2) is 37.1 Å². The highest BCUT2D eigenvalue weighted by atomic mass is 16.6. The molecule has 0 aliphatic heterocycles. The molecule has 0 saturated carbocycles. The van der Waals surface area contributed by atoms with Crippen LogP contribution in [0.5, 0.6) is 11.5 Å². The zero-order chi connectivity index (χ0) is 21.6. The molecule has 1 amide bonds. The van der Waals surface area contributed by atoms with Crippen LogP contribution < -0.4 is 20.5 Å². The fraction of sp³-hybridized carbons (Fsp3) is 0.263. The largest absolute Gasteiger partial charge is 0.493 e. The van der Waals surface area contributed by atoms with Gasteiger partial charge in [0.05, 0.1) is 24.7 Å². The van der Waals surface area contributed by atoms with Crippen molar-refractivity contribution < 1.29 is 28.7 Å². The summed E-state index contributed by atoms with van der Waals surface area (Å²) in [5, 5.41) is 13.5. The lowest BCUT2D eigenvalue weighted by atomic mass is 10.1. The first-order valence-corrected chi connectivity index (χ1v) is 8.50. The number of ether oxygens (including phenoxy) is 3. The van der Waals surface area contributed by atoms with Crippen LogP contribution in [-0.2, 0) is 16.1 Å². The average Bonchev–Trinajstić information content (AvgIpc) is 2.71. The minimum Gasteiger partial charge on any atom is -0.493 e. The number of carbonyl (C=O) groups is 2. The number of non-ortho nitro benzene ring substituents is 1. The van der Waals surface area contributed by atoms with E-state index in [9.17, 15) is 19.7 Å². The number of benzene rings is 2. The van der Waals surface area contributed by atoms with Crippen molar-refractivity contribution in [3.05, 3.63) is 57.6 Å². The van der Waals surface area contributed by atoms with Crippen LogP contribution >= 0.6 is 0 Å². The highest BCUT2D eigenvalue weighted by Crippen LogP contribution is 2.27. The predicted molar refractivity (Wildman–Crippen MR) is 104 cm³/mol. The Morgan fingerprint density at radius 2 is 1.83 bits per heavy atom. The maximum atomic E-state index is 12.2. The van der Waals surface area contributed by atoms with Gasteiger partial charge in [-0.1, -0.05) is 6.07 Å². The molecule has 0 bridgehead atoms. The first-order chi connectivity index (χ1) is 13.8. The van der Waals surface area contributed by atoms with Crippen molar-refractivity contribution >= 4 is 23.3 Å². The molecule has 2 aromatic rings. The molecule has 0 unspecified atom stereocenters. The lowest BCUT2D eigenvalue weighted by molar-refractivity contribution is -0.384. The molecule has 0 aromatic heterocycles. The molecule has 1 atom stereocenters. The van der Waals surface area contributed by atoms with E-state index in [4.69, 9.17) is 19.9 Å². The highest BCUT2D eigenvalue weighted by molar-refractivity contribution is 5.97. The third-order valence-electron chi connectivity index (χ3n) is 4.04. The van der Waals surface area contributed by atoms with Gasteiger partial charge in [-0.3, -0.25) is 14.9 Å². The lowest BCUT2D eigenvalue weighted by Gasteiger charge is -2.15. The fourth-order valence-corrected chi connectivity index (χ4v) is 2.44. The minimum atomic E-state index is -1.14. The molecule has 154 valence electrons. The number of nitrogens with one attached hydrogen (secondary N) is 1. The Labute approximate surface area is 166 Å². The highest BCUT2D eigenvalue weighted by Gasteiger charge is 2.22. The van der Waals surface area contributed by atoms with Crippen LogP contribution in [0, 0.1) is 10.1 Å².